The van der Waals surface area contributed by atoms with E-state index in [-0.39, 0.29) is 12.3 Å². The second-order valence-electron chi connectivity index (χ2n) is 5.63. The first-order valence-electron chi connectivity index (χ1n) is 7.41. The molecule has 7 heteroatoms. The van der Waals surface area contributed by atoms with Crippen molar-refractivity contribution in [2.24, 2.45) is 5.73 Å². The van der Waals surface area contributed by atoms with Crippen molar-refractivity contribution in [1.82, 2.24) is 9.47 Å². The van der Waals surface area contributed by atoms with Crippen LogP contribution in [0, 0.1) is 10.1 Å². The van der Waals surface area contributed by atoms with Gasteiger partial charge in [0, 0.05) is 22.9 Å². The van der Waals surface area contributed by atoms with Crippen molar-refractivity contribution >= 4 is 40.1 Å². The number of amides is 2. The molecule has 2 amide bonds. The summed E-state index contributed by atoms with van der Waals surface area (Å²) in [7, 11) is 0. The normalized spacial score (nSPS) is 13.2. The maximum Gasteiger partial charge on any atom is 0.251 e. The summed E-state index contributed by atoms with van der Waals surface area (Å²) in [5, 5.41) is 0. The molecule has 2 N–H and O–H groups in total. The second kappa shape index (κ2) is 6.65. The zero-order chi connectivity index (χ0) is 17.3. The molecule has 0 fully saturated rings. The van der Waals surface area contributed by atoms with E-state index < -0.39 is 5.91 Å². The van der Waals surface area contributed by atoms with Crippen LogP contribution in [0.3, 0.4) is 0 Å². The summed E-state index contributed by atoms with van der Waals surface area (Å²) in [6.07, 6.45) is 2.18. The molecule has 0 unspecified atom stereocenters. The summed E-state index contributed by atoms with van der Waals surface area (Å²) < 4.78 is 2.81. The van der Waals surface area contributed by atoms with E-state index >= 15 is 0 Å². The highest BCUT2D eigenvalue weighted by Gasteiger charge is 2.26. The van der Waals surface area contributed by atoms with Crippen molar-refractivity contribution in [2.45, 2.75) is 19.5 Å². The standard InChI is InChI=1S/C17H15IN4O2/c1-20-12-4-2-11(3-5-12)8-15(23)22-7-6-21-9-13(18)16(17(19)24)14(21)10-22/h2-5,9H,6-8,10H2,(H2,19,24). The van der Waals surface area contributed by atoms with E-state index in [9.17, 15) is 9.59 Å². The third kappa shape index (κ3) is 3.14. The lowest BCUT2D eigenvalue weighted by Crippen LogP contribution is -2.39. The fourth-order valence-electron chi connectivity index (χ4n) is 2.87. The first-order valence-corrected chi connectivity index (χ1v) is 8.49. The molecule has 0 atom stereocenters. The molecular weight excluding hydrogens is 419 g/mol. The van der Waals surface area contributed by atoms with Crippen molar-refractivity contribution < 1.29 is 9.59 Å². The molecule has 0 saturated carbocycles. The number of benzene rings is 1. The molecule has 6 nitrogen and oxygen atoms in total. The monoisotopic (exact) mass is 434 g/mol. The summed E-state index contributed by atoms with van der Waals surface area (Å²) in [6.45, 7) is 8.60. The third-order valence-electron chi connectivity index (χ3n) is 4.11. The van der Waals surface area contributed by atoms with Crippen LogP contribution in [0.25, 0.3) is 4.85 Å². The van der Waals surface area contributed by atoms with Gasteiger partial charge < -0.3 is 15.2 Å². The Morgan fingerprint density at radius 1 is 1.25 bits per heavy atom. The van der Waals surface area contributed by atoms with Gasteiger partial charge in [-0.3, -0.25) is 9.59 Å². The average Bonchev–Trinajstić information content (AvgIpc) is 2.90. The van der Waals surface area contributed by atoms with Crippen LogP contribution in [0.1, 0.15) is 21.6 Å². The first-order chi connectivity index (χ1) is 11.5. The Morgan fingerprint density at radius 2 is 1.96 bits per heavy atom. The van der Waals surface area contributed by atoms with Crippen LogP contribution in [0.4, 0.5) is 5.69 Å². The topological polar surface area (TPSA) is 72.7 Å². The third-order valence-corrected chi connectivity index (χ3v) is 4.93. The zero-order valence-electron chi connectivity index (χ0n) is 12.8. The lowest BCUT2D eigenvalue weighted by molar-refractivity contribution is -0.131. The van der Waals surface area contributed by atoms with Crippen molar-refractivity contribution in [3.8, 4) is 0 Å². The Bertz CT molecular complexity index is 849. The van der Waals surface area contributed by atoms with E-state index in [0.717, 1.165) is 14.8 Å². The molecule has 24 heavy (non-hydrogen) atoms. The molecule has 0 saturated heterocycles. The lowest BCUT2D eigenvalue weighted by Gasteiger charge is -2.29. The van der Waals surface area contributed by atoms with Gasteiger partial charge in [0.15, 0.2) is 5.69 Å². The van der Waals surface area contributed by atoms with Crippen molar-refractivity contribution in [1.29, 1.82) is 0 Å². The van der Waals surface area contributed by atoms with Gasteiger partial charge in [-0.05, 0) is 28.2 Å². The second-order valence-corrected chi connectivity index (χ2v) is 6.79. The van der Waals surface area contributed by atoms with Crippen LogP contribution in [-0.4, -0.2) is 27.8 Å². The molecule has 122 valence electrons. The van der Waals surface area contributed by atoms with Crippen molar-refractivity contribution in [3.63, 3.8) is 0 Å². The number of rotatable bonds is 3. The fourth-order valence-corrected chi connectivity index (χ4v) is 3.78. The number of primary amides is 1. The molecular formula is C17H15IN4O2. The largest absolute Gasteiger partial charge is 0.366 e. The van der Waals surface area contributed by atoms with Gasteiger partial charge in [0.25, 0.3) is 5.91 Å². The number of fused-ring (bicyclic) bond motifs is 1. The molecule has 2 aromatic rings. The molecule has 0 spiro atoms. The molecule has 0 radical (unpaired) electrons. The van der Waals surface area contributed by atoms with Crippen LogP contribution in [-0.2, 0) is 24.3 Å². The van der Waals surface area contributed by atoms with Crippen LogP contribution in [0.15, 0.2) is 30.5 Å². The number of aromatic nitrogens is 1. The van der Waals surface area contributed by atoms with Crippen LogP contribution in [0.2, 0.25) is 0 Å². The van der Waals surface area contributed by atoms with Gasteiger partial charge in [0.2, 0.25) is 5.91 Å². The van der Waals surface area contributed by atoms with Gasteiger partial charge >= 0.3 is 0 Å². The zero-order valence-corrected chi connectivity index (χ0v) is 15.0. The van der Waals surface area contributed by atoms with E-state index in [4.69, 9.17) is 12.3 Å². The molecule has 1 aromatic carbocycles. The minimum absolute atomic E-state index is 0.00319. The molecule has 0 aliphatic carbocycles. The number of hydrogen-bond acceptors (Lipinski definition) is 2. The Balaban J connectivity index is 1.76. The summed E-state index contributed by atoms with van der Waals surface area (Å²) in [5.74, 6) is -0.458. The predicted octanol–water partition coefficient (Wildman–Crippen LogP) is 2.33. The summed E-state index contributed by atoms with van der Waals surface area (Å²) in [6, 6.07) is 7.03. The Labute approximate surface area is 153 Å². The Morgan fingerprint density at radius 3 is 2.58 bits per heavy atom. The summed E-state index contributed by atoms with van der Waals surface area (Å²) >= 11 is 2.10. The highest BCUT2D eigenvalue weighted by molar-refractivity contribution is 14.1. The van der Waals surface area contributed by atoms with E-state index in [2.05, 4.69) is 27.4 Å². The predicted molar refractivity (Wildman–Crippen MR) is 97.5 cm³/mol. The first kappa shape index (κ1) is 16.5. The van der Waals surface area contributed by atoms with E-state index in [1.165, 1.54) is 0 Å². The van der Waals surface area contributed by atoms with E-state index in [1.807, 2.05) is 10.8 Å². The number of nitrogens with zero attached hydrogens (tertiary/aromatic N) is 3. The Kier molecular flexibility index (Phi) is 4.57. The van der Waals surface area contributed by atoms with Gasteiger partial charge in [-0.1, -0.05) is 24.3 Å². The SMILES string of the molecule is [C-]#[N+]c1ccc(CC(=O)N2CCn3cc(I)c(C(N)=O)c3C2)cc1. The van der Waals surface area contributed by atoms with E-state index in [0.29, 0.717) is 30.9 Å². The van der Waals surface area contributed by atoms with Crippen molar-refractivity contribution in [2.75, 3.05) is 6.54 Å². The number of nitrogens with two attached hydrogens (primary N) is 1. The summed E-state index contributed by atoms with van der Waals surface area (Å²) in [4.78, 5) is 29.3. The Hall–Kier alpha value is -2.34. The molecule has 3 rings (SSSR count). The number of carbonyl (C=O) groups is 2. The van der Waals surface area contributed by atoms with Gasteiger partial charge in [-0.2, -0.15) is 0 Å². The van der Waals surface area contributed by atoms with Gasteiger partial charge in [0.05, 0.1) is 30.8 Å². The maximum atomic E-state index is 12.6. The highest BCUT2D eigenvalue weighted by Crippen LogP contribution is 2.24. The minimum atomic E-state index is -0.461. The molecule has 0 bridgehead atoms. The minimum Gasteiger partial charge on any atom is -0.366 e. The van der Waals surface area contributed by atoms with Crippen LogP contribution < -0.4 is 5.73 Å². The maximum absolute atomic E-state index is 12.6. The highest BCUT2D eigenvalue weighted by atomic mass is 127. The van der Waals surface area contributed by atoms with Crippen LogP contribution in [0.5, 0.6) is 0 Å². The van der Waals surface area contributed by atoms with Gasteiger partial charge in [-0.15, -0.1) is 0 Å². The average molecular weight is 434 g/mol. The quantitative estimate of drug-likeness (QED) is 0.595. The van der Waals surface area contributed by atoms with Crippen LogP contribution >= 0.6 is 22.6 Å². The van der Waals surface area contributed by atoms with E-state index in [1.54, 1.807) is 29.2 Å². The molecule has 1 aliphatic heterocycles. The summed E-state index contributed by atoms with van der Waals surface area (Å²) in [5.41, 5.74) is 8.21. The number of halogens is 1. The number of carbonyl (C=O) groups excluding carboxylic acids is 2. The molecule has 1 aromatic heterocycles. The number of hydrogen-bond donors (Lipinski definition) is 1. The van der Waals surface area contributed by atoms with Crippen molar-refractivity contribution in [3.05, 3.63) is 62.3 Å². The fraction of sp³-hybridized carbons (Fsp3) is 0.235. The van der Waals surface area contributed by atoms with Gasteiger partial charge in [-0.25, -0.2) is 4.85 Å². The molecule has 2 heterocycles. The lowest BCUT2D eigenvalue weighted by atomic mass is 10.1. The smallest absolute Gasteiger partial charge is 0.251 e. The van der Waals surface area contributed by atoms with Gasteiger partial charge in [0.1, 0.15) is 0 Å². The molecule has 1 aliphatic rings.